The van der Waals surface area contributed by atoms with Crippen molar-refractivity contribution in [3.05, 3.63) is 51.8 Å². The molecule has 4 aliphatic rings. The number of aromatic amines is 1. The van der Waals surface area contributed by atoms with Gasteiger partial charge >= 0.3 is 0 Å². The molecule has 0 amide bonds. The van der Waals surface area contributed by atoms with Crippen molar-refractivity contribution < 1.29 is 23.7 Å². The molecule has 4 N–H and O–H groups in total. The molecule has 5 atom stereocenters. The lowest BCUT2D eigenvalue weighted by Crippen LogP contribution is -2.70. The lowest BCUT2D eigenvalue weighted by molar-refractivity contribution is -0.391. The van der Waals surface area contributed by atoms with E-state index in [0.717, 1.165) is 5.56 Å². The van der Waals surface area contributed by atoms with Gasteiger partial charge in [0.2, 0.25) is 11.7 Å². The fourth-order valence-corrected chi connectivity index (χ4v) is 4.87. The summed E-state index contributed by atoms with van der Waals surface area (Å²) in [7, 11) is 0. The predicted octanol–water partition coefficient (Wildman–Crippen LogP) is 0.518. The van der Waals surface area contributed by atoms with E-state index >= 15 is 0 Å². The number of aromatic nitrogens is 2. The standard InChI is InChI=1S/C20H22N4O6/c21-19-23-15-11(16(25)24-19)8-12-17(22-15)29-13-9-26-18(10-4-2-1-3-5-10)30-14(13)20(12)27-6-7-28-20/h1-5,12-14,17-18H,6-9H2,(H4,21,22,23,24,25)/t12-,13-,14+,17-,18?/m1/s1. The number of anilines is 2. The Hall–Kier alpha value is -2.50. The average Bonchev–Trinajstić information content (AvgIpc) is 3.24. The molecule has 10 nitrogen and oxygen atoms in total. The summed E-state index contributed by atoms with van der Waals surface area (Å²) in [6.45, 7) is 1.20. The normalized spacial score (nSPS) is 33.9. The van der Waals surface area contributed by atoms with Gasteiger partial charge in [0, 0.05) is 5.56 Å². The molecule has 10 heteroatoms. The van der Waals surface area contributed by atoms with E-state index in [4.69, 9.17) is 29.4 Å². The van der Waals surface area contributed by atoms with Gasteiger partial charge in [-0.1, -0.05) is 30.3 Å². The number of hydrogen-bond donors (Lipinski definition) is 3. The van der Waals surface area contributed by atoms with Crippen LogP contribution in [0, 0.1) is 5.92 Å². The highest BCUT2D eigenvalue weighted by atomic mass is 16.8. The molecule has 158 valence electrons. The molecule has 3 saturated heterocycles. The van der Waals surface area contributed by atoms with Gasteiger partial charge in [-0.15, -0.1) is 0 Å². The minimum atomic E-state index is -1.05. The summed E-state index contributed by atoms with van der Waals surface area (Å²) in [6, 6.07) is 9.72. The van der Waals surface area contributed by atoms with E-state index in [9.17, 15) is 4.79 Å². The minimum Gasteiger partial charge on any atom is -0.369 e. The second-order valence-corrected chi connectivity index (χ2v) is 7.88. The first-order valence-corrected chi connectivity index (χ1v) is 10.0. The Morgan fingerprint density at radius 3 is 2.73 bits per heavy atom. The van der Waals surface area contributed by atoms with E-state index in [1.54, 1.807) is 0 Å². The summed E-state index contributed by atoms with van der Waals surface area (Å²) in [5, 5.41) is 3.20. The Balaban J connectivity index is 1.37. The van der Waals surface area contributed by atoms with Crippen LogP contribution in [0.1, 0.15) is 17.4 Å². The first kappa shape index (κ1) is 18.3. The number of nitrogens with zero attached hydrogens (tertiary/aromatic N) is 1. The summed E-state index contributed by atoms with van der Waals surface area (Å²) < 4.78 is 31.0. The van der Waals surface area contributed by atoms with Gasteiger partial charge in [0.1, 0.15) is 24.3 Å². The number of H-pyrrole nitrogens is 1. The molecule has 3 fully saturated rings. The van der Waals surface area contributed by atoms with Crippen LogP contribution < -0.4 is 16.6 Å². The van der Waals surface area contributed by atoms with E-state index < -0.39 is 30.5 Å². The number of ether oxygens (including phenoxy) is 5. The number of nitrogens with two attached hydrogens (primary N) is 1. The highest BCUT2D eigenvalue weighted by molar-refractivity contribution is 5.49. The lowest BCUT2D eigenvalue weighted by atomic mass is 9.79. The monoisotopic (exact) mass is 414 g/mol. The van der Waals surface area contributed by atoms with Gasteiger partial charge in [-0.05, 0) is 6.42 Å². The molecule has 5 heterocycles. The van der Waals surface area contributed by atoms with Crippen LogP contribution in [0.3, 0.4) is 0 Å². The molecular weight excluding hydrogens is 392 g/mol. The van der Waals surface area contributed by atoms with Crippen LogP contribution in [0.2, 0.25) is 0 Å². The maximum absolute atomic E-state index is 12.5. The zero-order chi connectivity index (χ0) is 20.3. The van der Waals surface area contributed by atoms with E-state index in [-0.39, 0.29) is 17.4 Å². The zero-order valence-electron chi connectivity index (χ0n) is 16.1. The van der Waals surface area contributed by atoms with Crippen LogP contribution >= 0.6 is 0 Å². The Labute approximate surface area is 171 Å². The van der Waals surface area contributed by atoms with Crippen molar-refractivity contribution in [2.75, 3.05) is 30.9 Å². The van der Waals surface area contributed by atoms with Crippen LogP contribution in [0.25, 0.3) is 0 Å². The second kappa shape index (κ2) is 6.76. The van der Waals surface area contributed by atoms with Crippen molar-refractivity contribution in [1.82, 2.24) is 9.97 Å². The van der Waals surface area contributed by atoms with Crippen LogP contribution in [0.15, 0.2) is 35.1 Å². The molecular formula is C20H22N4O6. The molecule has 1 unspecified atom stereocenters. The number of rotatable bonds is 1. The molecule has 0 radical (unpaired) electrons. The minimum absolute atomic E-state index is 0.0523. The first-order valence-electron chi connectivity index (χ1n) is 10.0. The maximum atomic E-state index is 12.5. The van der Waals surface area contributed by atoms with Gasteiger partial charge < -0.3 is 34.7 Å². The summed E-state index contributed by atoms with van der Waals surface area (Å²) in [4.78, 5) is 19.3. The van der Waals surface area contributed by atoms with Gasteiger partial charge in [0.15, 0.2) is 6.29 Å². The van der Waals surface area contributed by atoms with Crippen LogP contribution in [-0.2, 0) is 30.1 Å². The number of nitrogens with one attached hydrogen (secondary N) is 2. The van der Waals surface area contributed by atoms with Gasteiger partial charge in [-0.3, -0.25) is 9.78 Å². The number of nitrogen functional groups attached to an aromatic ring is 1. The van der Waals surface area contributed by atoms with E-state index in [1.807, 2.05) is 30.3 Å². The third-order valence-electron chi connectivity index (χ3n) is 6.17. The SMILES string of the molecule is Nc1nc2c(c(=O)[nH]1)C[C@@H]1[C@H](N2)O[C@@H]2COC(c3ccccc3)O[C@@H]2C12OCCO2. The lowest BCUT2D eigenvalue weighted by Gasteiger charge is -2.55. The van der Waals surface area contributed by atoms with Crippen LogP contribution in [-0.4, -0.2) is 54.0 Å². The molecule has 1 aromatic heterocycles. The number of fused-ring (bicyclic) bond motifs is 5. The molecule has 30 heavy (non-hydrogen) atoms. The van der Waals surface area contributed by atoms with Gasteiger partial charge in [0.05, 0.1) is 31.3 Å². The van der Waals surface area contributed by atoms with Crippen LogP contribution in [0.5, 0.6) is 0 Å². The Kier molecular flexibility index (Phi) is 4.12. The fraction of sp³-hybridized carbons (Fsp3) is 0.500. The number of hydrogen-bond acceptors (Lipinski definition) is 9. The first-order chi connectivity index (χ1) is 14.6. The highest BCUT2D eigenvalue weighted by Gasteiger charge is 2.64. The van der Waals surface area contributed by atoms with Gasteiger partial charge in [-0.2, -0.15) is 4.98 Å². The molecule has 0 aliphatic carbocycles. The smallest absolute Gasteiger partial charge is 0.257 e. The molecule has 2 aromatic rings. The molecule has 0 bridgehead atoms. The van der Waals surface area contributed by atoms with Crippen molar-refractivity contribution in [3.63, 3.8) is 0 Å². The molecule has 6 rings (SSSR count). The molecule has 0 saturated carbocycles. The van der Waals surface area contributed by atoms with E-state index in [0.29, 0.717) is 37.6 Å². The summed E-state index contributed by atoms with van der Waals surface area (Å²) in [5.74, 6) is -0.890. The van der Waals surface area contributed by atoms with Crippen molar-refractivity contribution in [3.8, 4) is 0 Å². The topological polar surface area (TPSA) is 130 Å². The highest BCUT2D eigenvalue weighted by Crippen LogP contribution is 2.49. The Morgan fingerprint density at radius 1 is 1.13 bits per heavy atom. The van der Waals surface area contributed by atoms with Crippen LogP contribution in [0.4, 0.5) is 11.8 Å². The Morgan fingerprint density at radius 2 is 1.93 bits per heavy atom. The average molecular weight is 414 g/mol. The maximum Gasteiger partial charge on any atom is 0.257 e. The summed E-state index contributed by atoms with van der Waals surface area (Å²) in [6.07, 6.45) is -1.59. The largest absolute Gasteiger partial charge is 0.369 e. The van der Waals surface area contributed by atoms with Crippen molar-refractivity contribution >= 4 is 11.8 Å². The third kappa shape index (κ3) is 2.69. The second-order valence-electron chi connectivity index (χ2n) is 7.88. The summed E-state index contributed by atoms with van der Waals surface area (Å²) in [5.41, 5.74) is 6.83. The van der Waals surface area contributed by atoms with Gasteiger partial charge in [0.25, 0.3) is 5.56 Å². The van der Waals surface area contributed by atoms with E-state index in [1.165, 1.54) is 0 Å². The third-order valence-corrected chi connectivity index (χ3v) is 6.17. The van der Waals surface area contributed by atoms with Gasteiger partial charge in [-0.25, -0.2) is 0 Å². The van der Waals surface area contributed by atoms with Crippen molar-refractivity contribution in [2.45, 2.75) is 36.9 Å². The van der Waals surface area contributed by atoms with Crippen molar-refractivity contribution in [1.29, 1.82) is 0 Å². The molecule has 1 spiro atoms. The number of benzene rings is 1. The predicted molar refractivity (Wildman–Crippen MR) is 103 cm³/mol. The zero-order valence-corrected chi connectivity index (χ0v) is 16.1. The van der Waals surface area contributed by atoms with Crippen molar-refractivity contribution in [2.24, 2.45) is 5.92 Å². The van der Waals surface area contributed by atoms with E-state index in [2.05, 4.69) is 15.3 Å². The molecule has 4 aliphatic heterocycles. The fourth-order valence-electron chi connectivity index (χ4n) is 4.87. The molecule has 1 aromatic carbocycles. The summed E-state index contributed by atoms with van der Waals surface area (Å²) >= 11 is 0. The Bertz CT molecular complexity index is 1010. The quantitative estimate of drug-likeness (QED) is 0.611.